The number of amides is 1. The van der Waals surface area contributed by atoms with Crippen LogP contribution < -0.4 is 5.32 Å². The first kappa shape index (κ1) is 14.3. The maximum atomic E-state index is 12.0. The zero-order chi connectivity index (χ0) is 14.2. The molecule has 2 heterocycles. The standard InChI is InChI=1S/C11H13Br2N5O/c1-5-7(6(2)18(3)17-5)4-14-11(19)9-8(12)10(13)16-15-9/h4H2,1-3H3,(H,14,19)(H,15,16). The molecule has 0 bridgehead atoms. The Kier molecular flexibility index (Phi) is 4.10. The smallest absolute Gasteiger partial charge is 0.273 e. The van der Waals surface area contributed by atoms with Crippen LogP contribution in [0.4, 0.5) is 0 Å². The zero-order valence-corrected chi connectivity index (χ0v) is 13.9. The van der Waals surface area contributed by atoms with Crippen LogP contribution in [0.3, 0.4) is 0 Å². The predicted octanol–water partition coefficient (Wildman–Crippen LogP) is 2.22. The second-order valence-electron chi connectivity index (χ2n) is 4.16. The predicted molar refractivity (Wildman–Crippen MR) is 77.8 cm³/mol. The first-order valence-electron chi connectivity index (χ1n) is 5.58. The van der Waals surface area contributed by atoms with Gasteiger partial charge in [-0.3, -0.25) is 14.6 Å². The van der Waals surface area contributed by atoms with Crippen LogP contribution in [0.25, 0.3) is 0 Å². The highest BCUT2D eigenvalue weighted by Crippen LogP contribution is 2.23. The second-order valence-corrected chi connectivity index (χ2v) is 5.74. The molecule has 2 N–H and O–H groups in total. The largest absolute Gasteiger partial charge is 0.346 e. The molecule has 0 radical (unpaired) electrons. The van der Waals surface area contributed by atoms with Crippen LogP contribution in [0.15, 0.2) is 9.08 Å². The summed E-state index contributed by atoms with van der Waals surface area (Å²) in [6, 6.07) is 0. The number of aromatic nitrogens is 4. The number of carbonyl (C=O) groups excluding carboxylic acids is 1. The van der Waals surface area contributed by atoms with E-state index in [1.165, 1.54) is 0 Å². The van der Waals surface area contributed by atoms with E-state index in [4.69, 9.17) is 0 Å². The summed E-state index contributed by atoms with van der Waals surface area (Å²) in [5, 5.41) is 13.8. The first-order valence-corrected chi connectivity index (χ1v) is 7.17. The summed E-state index contributed by atoms with van der Waals surface area (Å²) in [5.41, 5.74) is 3.32. The lowest BCUT2D eigenvalue weighted by Gasteiger charge is -2.04. The molecule has 0 aliphatic rings. The van der Waals surface area contributed by atoms with Crippen LogP contribution in [0.5, 0.6) is 0 Å². The van der Waals surface area contributed by atoms with Gasteiger partial charge in [0.15, 0.2) is 5.69 Å². The number of carbonyl (C=O) groups is 1. The molecule has 19 heavy (non-hydrogen) atoms. The van der Waals surface area contributed by atoms with Crippen molar-refractivity contribution >= 4 is 37.8 Å². The van der Waals surface area contributed by atoms with E-state index >= 15 is 0 Å². The molecule has 0 unspecified atom stereocenters. The molecule has 2 rings (SSSR count). The Morgan fingerprint density at radius 2 is 2.11 bits per heavy atom. The number of rotatable bonds is 3. The van der Waals surface area contributed by atoms with Crippen molar-refractivity contribution in [3.8, 4) is 0 Å². The highest BCUT2D eigenvalue weighted by atomic mass is 79.9. The summed E-state index contributed by atoms with van der Waals surface area (Å²) in [4.78, 5) is 12.0. The van der Waals surface area contributed by atoms with Gasteiger partial charge in [0.2, 0.25) is 0 Å². The zero-order valence-electron chi connectivity index (χ0n) is 10.7. The molecular weight excluding hydrogens is 378 g/mol. The lowest BCUT2D eigenvalue weighted by atomic mass is 10.2. The van der Waals surface area contributed by atoms with Gasteiger partial charge in [0.25, 0.3) is 5.91 Å². The molecule has 0 fully saturated rings. The van der Waals surface area contributed by atoms with Gasteiger partial charge in [-0.1, -0.05) is 0 Å². The van der Waals surface area contributed by atoms with Gasteiger partial charge in [0, 0.05) is 24.8 Å². The highest BCUT2D eigenvalue weighted by molar-refractivity contribution is 9.13. The number of hydrogen-bond acceptors (Lipinski definition) is 3. The Bertz CT molecular complexity index is 631. The van der Waals surface area contributed by atoms with Crippen molar-refractivity contribution in [2.45, 2.75) is 20.4 Å². The van der Waals surface area contributed by atoms with Crippen molar-refractivity contribution in [2.24, 2.45) is 7.05 Å². The van der Waals surface area contributed by atoms with Gasteiger partial charge >= 0.3 is 0 Å². The number of hydrogen-bond donors (Lipinski definition) is 2. The van der Waals surface area contributed by atoms with Gasteiger partial charge in [-0.15, -0.1) is 0 Å². The third kappa shape index (κ3) is 2.74. The molecule has 0 saturated carbocycles. The summed E-state index contributed by atoms with van der Waals surface area (Å²) in [6.07, 6.45) is 0. The van der Waals surface area contributed by atoms with Crippen LogP contribution in [-0.4, -0.2) is 25.9 Å². The molecule has 0 aliphatic heterocycles. The van der Waals surface area contributed by atoms with Crippen molar-refractivity contribution in [3.05, 3.63) is 31.7 Å². The lowest BCUT2D eigenvalue weighted by molar-refractivity contribution is 0.0945. The number of halogens is 2. The van der Waals surface area contributed by atoms with E-state index in [9.17, 15) is 4.79 Å². The minimum Gasteiger partial charge on any atom is -0.346 e. The van der Waals surface area contributed by atoms with Gasteiger partial charge in [0.1, 0.15) is 4.60 Å². The molecule has 2 aromatic rings. The van der Waals surface area contributed by atoms with Gasteiger partial charge in [-0.25, -0.2) is 0 Å². The fraction of sp³-hybridized carbons (Fsp3) is 0.364. The molecule has 2 aromatic heterocycles. The van der Waals surface area contributed by atoms with Gasteiger partial charge in [-0.05, 0) is 45.7 Å². The van der Waals surface area contributed by atoms with Crippen molar-refractivity contribution in [3.63, 3.8) is 0 Å². The molecule has 0 spiro atoms. The summed E-state index contributed by atoms with van der Waals surface area (Å²) < 4.78 is 3.06. The molecule has 8 heteroatoms. The fourth-order valence-corrected chi connectivity index (χ4v) is 2.42. The number of nitrogens with one attached hydrogen (secondary N) is 2. The third-order valence-corrected chi connectivity index (χ3v) is 4.84. The molecular formula is C11H13Br2N5O. The van der Waals surface area contributed by atoms with Crippen LogP contribution in [-0.2, 0) is 13.6 Å². The van der Waals surface area contributed by atoms with E-state index in [-0.39, 0.29) is 5.91 Å². The number of aromatic amines is 1. The topological polar surface area (TPSA) is 75.6 Å². The maximum absolute atomic E-state index is 12.0. The van der Waals surface area contributed by atoms with E-state index in [0.717, 1.165) is 17.0 Å². The van der Waals surface area contributed by atoms with Crippen molar-refractivity contribution in [2.75, 3.05) is 0 Å². The minimum absolute atomic E-state index is 0.239. The summed E-state index contributed by atoms with van der Waals surface area (Å²) in [5.74, 6) is -0.239. The normalized spacial score (nSPS) is 10.8. The minimum atomic E-state index is -0.239. The third-order valence-electron chi connectivity index (χ3n) is 2.97. The van der Waals surface area contributed by atoms with Crippen LogP contribution >= 0.6 is 31.9 Å². The number of H-pyrrole nitrogens is 1. The first-order chi connectivity index (χ1) is 8.91. The summed E-state index contributed by atoms with van der Waals surface area (Å²) in [7, 11) is 1.88. The average molecular weight is 391 g/mol. The fourth-order valence-electron chi connectivity index (χ4n) is 1.78. The molecule has 0 saturated heterocycles. The van der Waals surface area contributed by atoms with Crippen molar-refractivity contribution in [1.82, 2.24) is 25.3 Å². The molecule has 102 valence electrons. The SMILES string of the molecule is Cc1nn(C)c(C)c1CNC(=O)c1n[nH]c(Br)c1Br. The van der Waals surface area contributed by atoms with Crippen LogP contribution in [0, 0.1) is 13.8 Å². The highest BCUT2D eigenvalue weighted by Gasteiger charge is 2.17. The second kappa shape index (κ2) is 5.46. The van der Waals surface area contributed by atoms with E-state index in [1.807, 2.05) is 20.9 Å². The Hall–Kier alpha value is -1.15. The van der Waals surface area contributed by atoms with E-state index in [1.54, 1.807) is 4.68 Å². The summed E-state index contributed by atoms with van der Waals surface area (Å²) in [6.45, 7) is 4.33. The quantitative estimate of drug-likeness (QED) is 0.843. The van der Waals surface area contributed by atoms with Crippen LogP contribution in [0.1, 0.15) is 27.4 Å². The summed E-state index contributed by atoms with van der Waals surface area (Å²) >= 11 is 6.54. The maximum Gasteiger partial charge on any atom is 0.273 e. The monoisotopic (exact) mass is 389 g/mol. The van der Waals surface area contributed by atoms with Gasteiger partial charge in [-0.2, -0.15) is 10.2 Å². The van der Waals surface area contributed by atoms with Crippen molar-refractivity contribution < 1.29 is 4.79 Å². The Balaban J connectivity index is 2.11. The van der Waals surface area contributed by atoms with Gasteiger partial charge in [0.05, 0.1) is 10.2 Å². The molecule has 1 amide bonds. The lowest BCUT2D eigenvalue weighted by Crippen LogP contribution is -2.24. The van der Waals surface area contributed by atoms with Crippen molar-refractivity contribution in [1.29, 1.82) is 0 Å². The van der Waals surface area contributed by atoms with E-state index in [0.29, 0.717) is 21.3 Å². The Morgan fingerprint density at radius 3 is 2.58 bits per heavy atom. The molecule has 0 aromatic carbocycles. The Morgan fingerprint density at radius 1 is 1.42 bits per heavy atom. The Labute approximate surface area is 127 Å². The number of nitrogens with zero attached hydrogens (tertiary/aromatic N) is 3. The van der Waals surface area contributed by atoms with Gasteiger partial charge < -0.3 is 5.32 Å². The molecule has 6 nitrogen and oxygen atoms in total. The molecule has 0 aliphatic carbocycles. The average Bonchev–Trinajstić information content (AvgIpc) is 2.80. The van der Waals surface area contributed by atoms with Crippen LogP contribution in [0.2, 0.25) is 0 Å². The van der Waals surface area contributed by atoms with E-state index < -0.39 is 0 Å². The molecule has 0 atom stereocenters. The number of aryl methyl sites for hydroxylation is 2. The van der Waals surface area contributed by atoms with E-state index in [2.05, 4.69) is 52.5 Å².